The van der Waals surface area contributed by atoms with Crippen LogP contribution in [0, 0.1) is 0 Å². The summed E-state index contributed by atoms with van der Waals surface area (Å²) in [4.78, 5) is 10.4. The minimum absolute atomic E-state index is 0.341. The summed E-state index contributed by atoms with van der Waals surface area (Å²) >= 11 is 0. The van der Waals surface area contributed by atoms with E-state index in [1.807, 2.05) is 0 Å². The van der Waals surface area contributed by atoms with Gasteiger partial charge in [-0.2, -0.15) is 0 Å². The maximum atomic E-state index is 10.4. The van der Waals surface area contributed by atoms with Gasteiger partial charge in [-0.1, -0.05) is 45.0 Å². The number of carbonyl (C=O) groups is 1. The first-order chi connectivity index (χ1) is 6.65. The topological polar surface area (TPSA) is 17.1 Å². The van der Waals surface area contributed by atoms with Gasteiger partial charge >= 0.3 is 0 Å². The lowest BCUT2D eigenvalue weighted by molar-refractivity contribution is -0.108. The van der Waals surface area contributed by atoms with Gasteiger partial charge in [-0.25, -0.2) is 0 Å². The summed E-state index contributed by atoms with van der Waals surface area (Å²) in [7, 11) is 0. The Hall–Kier alpha value is -1.11. The Bertz CT molecular complexity index is 285. The van der Waals surface area contributed by atoms with Crippen LogP contribution in [0.1, 0.15) is 50.2 Å². The van der Waals surface area contributed by atoms with E-state index in [4.69, 9.17) is 0 Å². The summed E-state index contributed by atoms with van der Waals surface area (Å²) in [5.41, 5.74) is 2.61. The quantitative estimate of drug-likeness (QED) is 0.664. The Kier molecular flexibility index (Phi) is 3.87. The van der Waals surface area contributed by atoms with Crippen molar-refractivity contribution in [2.24, 2.45) is 0 Å². The molecule has 0 N–H and O–H groups in total. The van der Waals surface area contributed by atoms with Crippen LogP contribution in [-0.4, -0.2) is 6.29 Å². The van der Waals surface area contributed by atoms with E-state index >= 15 is 0 Å². The first kappa shape index (κ1) is 11.0. The predicted molar refractivity (Wildman–Crippen MR) is 59.6 cm³/mol. The normalized spacial score (nSPS) is 12.9. The average Bonchev–Trinajstić information content (AvgIpc) is 2.18. The van der Waals surface area contributed by atoms with E-state index in [1.54, 1.807) is 0 Å². The van der Waals surface area contributed by atoms with Gasteiger partial charge < -0.3 is 4.79 Å². The van der Waals surface area contributed by atoms with Crippen LogP contribution >= 0.6 is 0 Å². The molecule has 0 unspecified atom stereocenters. The molecule has 1 atom stereocenters. The lowest BCUT2D eigenvalue weighted by Crippen LogP contribution is -1.95. The Morgan fingerprint density at radius 3 is 2.00 bits per heavy atom. The molecule has 0 saturated heterocycles. The lowest BCUT2D eigenvalue weighted by Gasteiger charge is -2.10. The Balaban J connectivity index is 2.77. The minimum atomic E-state index is 0.341. The van der Waals surface area contributed by atoms with Crippen LogP contribution in [0.2, 0.25) is 0 Å². The third-order valence-corrected chi connectivity index (χ3v) is 2.62. The lowest BCUT2D eigenvalue weighted by atomic mass is 9.95. The molecule has 0 amide bonds. The van der Waals surface area contributed by atoms with Crippen molar-refractivity contribution in [2.75, 3.05) is 0 Å². The van der Waals surface area contributed by atoms with E-state index in [1.165, 1.54) is 11.1 Å². The van der Waals surface area contributed by atoms with Crippen molar-refractivity contribution < 1.29 is 4.79 Å². The van der Waals surface area contributed by atoms with Crippen LogP contribution in [-0.2, 0) is 4.79 Å². The van der Waals surface area contributed by atoms with E-state index in [0.29, 0.717) is 18.3 Å². The molecule has 1 aromatic carbocycles. The zero-order valence-electron chi connectivity index (χ0n) is 9.16. The highest BCUT2D eigenvalue weighted by atomic mass is 16.1. The van der Waals surface area contributed by atoms with Crippen LogP contribution in [0.25, 0.3) is 0 Å². The maximum absolute atomic E-state index is 10.4. The minimum Gasteiger partial charge on any atom is -0.303 e. The number of hydrogen-bond acceptors (Lipinski definition) is 1. The van der Waals surface area contributed by atoms with Gasteiger partial charge in [-0.3, -0.25) is 0 Å². The summed E-state index contributed by atoms with van der Waals surface area (Å²) in [6.07, 6.45) is 1.60. The molecule has 1 heteroatoms. The van der Waals surface area contributed by atoms with Crippen molar-refractivity contribution in [3.63, 3.8) is 0 Å². The molecule has 1 nitrogen and oxygen atoms in total. The first-order valence-electron chi connectivity index (χ1n) is 5.18. The van der Waals surface area contributed by atoms with Gasteiger partial charge in [0.25, 0.3) is 0 Å². The third kappa shape index (κ3) is 2.69. The van der Waals surface area contributed by atoms with E-state index in [0.717, 1.165) is 6.29 Å². The third-order valence-electron chi connectivity index (χ3n) is 2.62. The summed E-state index contributed by atoms with van der Waals surface area (Å²) in [6.45, 7) is 6.45. The molecule has 0 saturated carbocycles. The van der Waals surface area contributed by atoms with Crippen molar-refractivity contribution in [2.45, 2.75) is 39.0 Å². The molecular weight excluding hydrogens is 172 g/mol. The maximum Gasteiger partial charge on any atom is 0.120 e. The highest BCUT2D eigenvalue weighted by Gasteiger charge is 2.05. The largest absolute Gasteiger partial charge is 0.303 e. The molecule has 0 fully saturated rings. The molecule has 14 heavy (non-hydrogen) atoms. The van der Waals surface area contributed by atoms with Gasteiger partial charge in [-0.15, -0.1) is 0 Å². The molecule has 1 rings (SSSR count). The number of carbonyl (C=O) groups excluding carboxylic acids is 1. The summed E-state index contributed by atoms with van der Waals surface area (Å²) < 4.78 is 0. The smallest absolute Gasteiger partial charge is 0.120 e. The molecule has 0 aliphatic carbocycles. The molecule has 0 heterocycles. The molecule has 0 aliphatic rings. The van der Waals surface area contributed by atoms with Gasteiger partial charge in [0.2, 0.25) is 0 Å². The standard InChI is InChI=1S/C13H18O/c1-10(2)12-4-6-13(7-5-12)11(3)8-9-14/h4-7,9-11H,8H2,1-3H3/t11-/m0/s1. The fraction of sp³-hybridized carbons (Fsp3) is 0.462. The highest BCUT2D eigenvalue weighted by Crippen LogP contribution is 2.21. The summed E-state index contributed by atoms with van der Waals surface area (Å²) in [5, 5.41) is 0. The molecule has 76 valence electrons. The zero-order chi connectivity index (χ0) is 10.6. The molecule has 0 radical (unpaired) electrons. The number of aldehydes is 1. The van der Waals surface area contributed by atoms with E-state index < -0.39 is 0 Å². The van der Waals surface area contributed by atoms with Crippen LogP contribution in [0.15, 0.2) is 24.3 Å². The second-order valence-corrected chi connectivity index (χ2v) is 4.12. The van der Waals surface area contributed by atoms with Gasteiger partial charge in [0.15, 0.2) is 0 Å². The molecule has 0 aromatic heterocycles. The highest BCUT2D eigenvalue weighted by molar-refractivity contribution is 5.51. The van der Waals surface area contributed by atoms with E-state index in [-0.39, 0.29) is 0 Å². The van der Waals surface area contributed by atoms with Crippen LogP contribution in [0.5, 0.6) is 0 Å². The summed E-state index contributed by atoms with van der Waals surface area (Å²) in [6, 6.07) is 8.57. The van der Waals surface area contributed by atoms with Crippen molar-refractivity contribution in [3.8, 4) is 0 Å². The monoisotopic (exact) mass is 190 g/mol. The van der Waals surface area contributed by atoms with E-state index in [9.17, 15) is 4.79 Å². The Morgan fingerprint density at radius 1 is 1.07 bits per heavy atom. The number of benzene rings is 1. The van der Waals surface area contributed by atoms with Gasteiger partial charge in [0, 0.05) is 6.42 Å². The Labute approximate surface area is 86.1 Å². The molecule has 0 spiro atoms. The van der Waals surface area contributed by atoms with Crippen molar-refractivity contribution in [1.29, 1.82) is 0 Å². The van der Waals surface area contributed by atoms with Gasteiger partial charge in [0.05, 0.1) is 0 Å². The molecule has 0 bridgehead atoms. The predicted octanol–water partition coefficient (Wildman–Crippen LogP) is 3.50. The van der Waals surface area contributed by atoms with Crippen molar-refractivity contribution in [1.82, 2.24) is 0 Å². The zero-order valence-corrected chi connectivity index (χ0v) is 9.16. The average molecular weight is 190 g/mol. The fourth-order valence-electron chi connectivity index (χ4n) is 1.49. The summed E-state index contributed by atoms with van der Waals surface area (Å²) in [5.74, 6) is 0.916. The first-order valence-corrected chi connectivity index (χ1v) is 5.18. The van der Waals surface area contributed by atoms with Crippen molar-refractivity contribution >= 4 is 6.29 Å². The molecular formula is C13H18O. The number of hydrogen-bond donors (Lipinski definition) is 0. The van der Waals surface area contributed by atoms with Crippen LogP contribution in [0.3, 0.4) is 0 Å². The van der Waals surface area contributed by atoms with Crippen molar-refractivity contribution in [3.05, 3.63) is 35.4 Å². The van der Waals surface area contributed by atoms with Crippen LogP contribution < -0.4 is 0 Å². The van der Waals surface area contributed by atoms with Crippen LogP contribution in [0.4, 0.5) is 0 Å². The van der Waals surface area contributed by atoms with E-state index in [2.05, 4.69) is 45.0 Å². The SMILES string of the molecule is CC(C)c1ccc([C@@H](C)CC=O)cc1. The fourth-order valence-corrected chi connectivity index (χ4v) is 1.49. The second-order valence-electron chi connectivity index (χ2n) is 4.12. The number of rotatable bonds is 4. The molecule has 0 aliphatic heterocycles. The van der Waals surface area contributed by atoms with Gasteiger partial charge in [-0.05, 0) is 23.0 Å². The molecule has 1 aromatic rings. The van der Waals surface area contributed by atoms with Gasteiger partial charge in [0.1, 0.15) is 6.29 Å². The second kappa shape index (κ2) is 4.94. The Morgan fingerprint density at radius 2 is 1.57 bits per heavy atom.